The maximum Gasteiger partial charge on any atom is 0.155 e. The van der Waals surface area contributed by atoms with E-state index in [1.165, 1.54) is 5.56 Å². The number of aromatic nitrogens is 3. The van der Waals surface area contributed by atoms with Gasteiger partial charge in [0.2, 0.25) is 0 Å². The van der Waals surface area contributed by atoms with Gasteiger partial charge in [-0.05, 0) is 24.1 Å². The van der Waals surface area contributed by atoms with Crippen molar-refractivity contribution < 1.29 is 0 Å². The number of fused-ring (bicyclic) bond motifs is 1. The first-order chi connectivity index (χ1) is 6.70. The van der Waals surface area contributed by atoms with Crippen LogP contribution < -0.4 is 0 Å². The molecule has 0 radical (unpaired) electrons. The molecule has 0 N–H and O–H groups in total. The Kier molecular flexibility index (Phi) is 2.23. The van der Waals surface area contributed by atoms with Crippen molar-refractivity contribution in [1.29, 1.82) is 0 Å². The lowest BCUT2D eigenvalue weighted by molar-refractivity contribution is 0.765. The molecule has 0 fully saturated rings. The second kappa shape index (κ2) is 3.40. The quantitative estimate of drug-likeness (QED) is 0.726. The number of nitrogens with zero attached hydrogens (tertiary/aromatic N) is 3. The van der Waals surface area contributed by atoms with E-state index in [2.05, 4.69) is 43.0 Å². The predicted octanol–water partition coefficient (Wildman–Crippen LogP) is 2.42. The van der Waals surface area contributed by atoms with Gasteiger partial charge in [-0.1, -0.05) is 20.8 Å². The van der Waals surface area contributed by atoms with Gasteiger partial charge >= 0.3 is 0 Å². The summed E-state index contributed by atoms with van der Waals surface area (Å²) in [4.78, 5) is 4.47. The number of hydrogen-bond acceptors (Lipinski definition) is 2. The van der Waals surface area contributed by atoms with Crippen molar-refractivity contribution in [2.75, 3.05) is 0 Å². The fourth-order valence-electron chi connectivity index (χ4n) is 1.41. The van der Waals surface area contributed by atoms with Gasteiger partial charge in [0.05, 0.1) is 0 Å². The predicted molar refractivity (Wildman–Crippen MR) is 56.5 cm³/mol. The Morgan fingerprint density at radius 2 is 2.21 bits per heavy atom. The van der Waals surface area contributed by atoms with Gasteiger partial charge < -0.3 is 0 Å². The van der Waals surface area contributed by atoms with Gasteiger partial charge in [0.25, 0.3) is 0 Å². The van der Waals surface area contributed by atoms with Gasteiger partial charge in [-0.25, -0.2) is 9.50 Å². The summed E-state index contributed by atoms with van der Waals surface area (Å²) in [6, 6.07) is 4.19. The molecule has 3 nitrogen and oxygen atoms in total. The van der Waals surface area contributed by atoms with Crippen LogP contribution in [0.4, 0.5) is 0 Å². The third-order valence-electron chi connectivity index (χ3n) is 2.34. The van der Waals surface area contributed by atoms with Gasteiger partial charge in [0.1, 0.15) is 0 Å². The van der Waals surface area contributed by atoms with Crippen molar-refractivity contribution >= 4 is 5.65 Å². The monoisotopic (exact) mass is 189 g/mol. The second-order valence-electron chi connectivity index (χ2n) is 3.82. The van der Waals surface area contributed by atoms with Crippen LogP contribution >= 0.6 is 0 Å². The van der Waals surface area contributed by atoms with Crippen molar-refractivity contribution in [1.82, 2.24) is 14.6 Å². The lowest BCUT2D eigenvalue weighted by Gasteiger charge is -1.94. The van der Waals surface area contributed by atoms with Crippen LogP contribution in [-0.2, 0) is 6.42 Å². The number of hydrogen-bond donors (Lipinski definition) is 0. The summed E-state index contributed by atoms with van der Waals surface area (Å²) in [6.45, 7) is 6.36. The van der Waals surface area contributed by atoms with Crippen LogP contribution in [0.3, 0.4) is 0 Å². The van der Waals surface area contributed by atoms with E-state index in [9.17, 15) is 0 Å². The van der Waals surface area contributed by atoms with Crippen molar-refractivity contribution in [2.24, 2.45) is 0 Å². The summed E-state index contributed by atoms with van der Waals surface area (Å²) >= 11 is 0. The summed E-state index contributed by atoms with van der Waals surface area (Å²) in [7, 11) is 0. The molecule has 0 unspecified atom stereocenters. The molecule has 3 heteroatoms. The summed E-state index contributed by atoms with van der Waals surface area (Å²) in [5, 5.41) is 4.39. The zero-order valence-electron chi connectivity index (χ0n) is 8.86. The van der Waals surface area contributed by atoms with Crippen LogP contribution in [0.2, 0.25) is 0 Å². The van der Waals surface area contributed by atoms with E-state index in [0.717, 1.165) is 17.9 Å². The van der Waals surface area contributed by atoms with Gasteiger partial charge in [-0.2, -0.15) is 5.10 Å². The average Bonchev–Trinajstić information content (AvgIpc) is 2.59. The minimum absolute atomic E-state index is 0.389. The summed E-state index contributed by atoms with van der Waals surface area (Å²) in [5.74, 6) is 1.30. The highest BCUT2D eigenvalue weighted by atomic mass is 15.3. The highest BCUT2D eigenvalue weighted by Gasteiger charge is 2.06. The molecule has 0 aromatic carbocycles. The standard InChI is InChI=1S/C11H15N3/c1-4-9-5-6-14-10(7-9)12-11(13-14)8(2)3/h5-8H,4H2,1-3H3. The second-order valence-corrected chi connectivity index (χ2v) is 3.82. The van der Waals surface area contributed by atoms with Crippen molar-refractivity contribution in [3.8, 4) is 0 Å². The first kappa shape index (κ1) is 9.19. The van der Waals surface area contributed by atoms with Gasteiger partial charge in [0.15, 0.2) is 11.5 Å². The molecule has 74 valence electrons. The Balaban J connectivity index is 2.54. The van der Waals surface area contributed by atoms with E-state index >= 15 is 0 Å². The van der Waals surface area contributed by atoms with Crippen LogP contribution in [0, 0.1) is 0 Å². The molecule has 0 aliphatic carbocycles. The smallest absolute Gasteiger partial charge is 0.155 e. The molecule has 2 aromatic heterocycles. The molecule has 2 rings (SSSR count). The molecule has 14 heavy (non-hydrogen) atoms. The molecule has 0 aliphatic heterocycles. The molecule has 0 bridgehead atoms. The fraction of sp³-hybridized carbons (Fsp3) is 0.455. The zero-order chi connectivity index (χ0) is 10.1. The number of aryl methyl sites for hydroxylation is 1. The highest BCUT2D eigenvalue weighted by Crippen LogP contribution is 2.12. The van der Waals surface area contributed by atoms with E-state index in [0.29, 0.717) is 5.92 Å². The van der Waals surface area contributed by atoms with Crippen LogP contribution in [0.5, 0.6) is 0 Å². The summed E-state index contributed by atoms with van der Waals surface area (Å²) < 4.78 is 1.84. The Hall–Kier alpha value is -1.38. The van der Waals surface area contributed by atoms with E-state index in [1.807, 2.05) is 10.7 Å². The highest BCUT2D eigenvalue weighted by molar-refractivity contribution is 5.40. The van der Waals surface area contributed by atoms with Crippen molar-refractivity contribution in [3.05, 3.63) is 29.7 Å². The normalized spacial score (nSPS) is 11.4. The lowest BCUT2D eigenvalue weighted by atomic mass is 10.2. The topological polar surface area (TPSA) is 30.2 Å². The van der Waals surface area contributed by atoms with Crippen molar-refractivity contribution in [2.45, 2.75) is 33.1 Å². The van der Waals surface area contributed by atoms with Crippen LogP contribution in [0.15, 0.2) is 18.3 Å². The maximum atomic E-state index is 4.47. The molecule has 2 heterocycles. The van der Waals surface area contributed by atoms with Gasteiger partial charge in [-0.15, -0.1) is 0 Å². The first-order valence-electron chi connectivity index (χ1n) is 5.06. The third-order valence-corrected chi connectivity index (χ3v) is 2.34. The molecule has 0 saturated heterocycles. The fourth-order valence-corrected chi connectivity index (χ4v) is 1.41. The number of rotatable bonds is 2. The largest absolute Gasteiger partial charge is 0.221 e. The molecule has 0 aliphatic rings. The van der Waals surface area contributed by atoms with E-state index < -0.39 is 0 Å². The Bertz CT molecular complexity index is 443. The first-order valence-corrected chi connectivity index (χ1v) is 5.06. The van der Waals surface area contributed by atoms with Crippen LogP contribution in [-0.4, -0.2) is 14.6 Å². The lowest BCUT2D eigenvalue weighted by Crippen LogP contribution is -1.91. The summed E-state index contributed by atoms with van der Waals surface area (Å²) in [6.07, 6.45) is 3.02. The number of pyridine rings is 1. The molecule has 0 amide bonds. The Labute approximate surface area is 83.8 Å². The van der Waals surface area contributed by atoms with Crippen molar-refractivity contribution in [3.63, 3.8) is 0 Å². The minimum atomic E-state index is 0.389. The minimum Gasteiger partial charge on any atom is -0.221 e. The van der Waals surface area contributed by atoms with E-state index in [4.69, 9.17) is 0 Å². The Morgan fingerprint density at radius 1 is 1.43 bits per heavy atom. The van der Waals surface area contributed by atoms with E-state index in [-0.39, 0.29) is 0 Å². The summed E-state index contributed by atoms with van der Waals surface area (Å²) in [5.41, 5.74) is 2.26. The third kappa shape index (κ3) is 1.50. The molecular formula is C11H15N3. The molecule has 0 saturated carbocycles. The molecule has 0 spiro atoms. The Morgan fingerprint density at radius 3 is 2.86 bits per heavy atom. The zero-order valence-corrected chi connectivity index (χ0v) is 8.86. The van der Waals surface area contributed by atoms with Crippen LogP contribution in [0.25, 0.3) is 5.65 Å². The molecular weight excluding hydrogens is 174 g/mol. The maximum absolute atomic E-state index is 4.47. The van der Waals surface area contributed by atoms with E-state index in [1.54, 1.807) is 0 Å². The SMILES string of the molecule is CCc1ccn2nc(C(C)C)nc2c1. The molecule has 0 atom stereocenters. The van der Waals surface area contributed by atoms with Gasteiger partial charge in [0, 0.05) is 12.1 Å². The average molecular weight is 189 g/mol. The van der Waals surface area contributed by atoms with Gasteiger partial charge in [-0.3, -0.25) is 0 Å². The molecule has 2 aromatic rings. The van der Waals surface area contributed by atoms with Crippen LogP contribution in [0.1, 0.15) is 38.1 Å².